The predicted octanol–water partition coefficient (Wildman–Crippen LogP) is 3.84. The van der Waals surface area contributed by atoms with Gasteiger partial charge in [0.25, 0.3) is 0 Å². The quantitative estimate of drug-likeness (QED) is 0.914. The molecule has 2 nitrogen and oxygen atoms in total. The second-order valence-electron chi connectivity index (χ2n) is 5.10. The number of fused-ring (bicyclic) bond motifs is 1. The van der Waals surface area contributed by atoms with Crippen LogP contribution in [0, 0.1) is 6.92 Å². The van der Waals surface area contributed by atoms with Gasteiger partial charge in [0.15, 0.2) is 0 Å². The molecule has 1 atom stereocenters. The first kappa shape index (κ1) is 12.7. The van der Waals surface area contributed by atoms with Gasteiger partial charge in [0.05, 0.1) is 6.61 Å². The molecule has 0 saturated heterocycles. The van der Waals surface area contributed by atoms with E-state index in [0.717, 1.165) is 25.3 Å². The first-order chi connectivity index (χ1) is 9.24. The van der Waals surface area contributed by atoms with E-state index in [1.165, 1.54) is 21.6 Å². The molecule has 1 aromatic carbocycles. The fraction of sp³-hybridized carbons (Fsp3) is 0.375. The van der Waals surface area contributed by atoms with E-state index in [-0.39, 0.29) is 0 Å². The fourth-order valence-electron chi connectivity index (χ4n) is 2.42. The average Bonchev–Trinajstić information content (AvgIpc) is 3.03. The molecular weight excluding hydrogens is 254 g/mol. The lowest BCUT2D eigenvalue weighted by atomic mass is 10.0. The zero-order valence-corrected chi connectivity index (χ0v) is 12.2. The molecule has 1 N–H and O–H groups in total. The van der Waals surface area contributed by atoms with E-state index in [2.05, 4.69) is 48.8 Å². The Bertz CT molecular complexity index is 576. The standard InChI is InChI=1S/C16H19NOS/c1-11-6-8-19-16(11)10-17-12(2)13-3-4-15-14(9-13)5-7-18-15/h3-4,6,8-9,12,17H,5,7,10H2,1-2H3. The number of benzene rings is 1. The summed E-state index contributed by atoms with van der Waals surface area (Å²) in [6, 6.07) is 9.10. The molecule has 3 rings (SSSR count). The number of aryl methyl sites for hydroxylation is 1. The number of hydrogen-bond donors (Lipinski definition) is 1. The van der Waals surface area contributed by atoms with Crippen molar-refractivity contribution in [2.75, 3.05) is 6.61 Å². The van der Waals surface area contributed by atoms with Crippen molar-refractivity contribution in [3.05, 3.63) is 51.2 Å². The van der Waals surface area contributed by atoms with E-state index in [4.69, 9.17) is 4.74 Å². The molecule has 19 heavy (non-hydrogen) atoms. The third kappa shape index (κ3) is 2.67. The molecule has 0 spiro atoms. The van der Waals surface area contributed by atoms with Gasteiger partial charge in [0, 0.05) is 23.9 Å². The number of ether oxygens (including phenoxy) is 1. The highest BCUT2D eigenvalue weighted by Gasteiger charge is 2.14. The zero-order chi connectivity index (χ0) is 13.2. The third-order valence-corrected chi connectivity index (χ3v) is 4.77. The normalized spacial score (nSPS) is 15.1. The van der Waals surface area contributed by atoms with Gasteiger partial charge in [-0.15, -0.1) is 11.3 Å². The molecule has 1 aromatic heterocycles. The van der Waals surface area contributed by atoms with Crippen LogP contribution in [0.2, 0.25) is 0 Å². The first-order valence-electron chi connectivity index (χ1n) is 6.76. The predicted molar refractivity (Wildman–Crippen MR) is 80.0 cm³/mol. The van der Waals surface area contributed by atoms with Crippen LogP contribution in [-0.2, 0) is 13.0 Å². The van der Waals surface area contributed by atoms with Crippen LogP contribution < -0.4 is 10.1 Å². The van der Waals surface area contributed by atoms with Crippen molar-refractivity contribution in [2.24, 2.45) is 0 Å². The van der Waals surface area contributed by atoms with Crippen LogP contribution in [0.4, 0.5) is 0 Å². The van der Waals surface area contributed by atoms with Crippen molar-refractivity contribution in [3.8, 4) is 5.75 Å². The maximum absolute atomic E-state index is 5.55. The van der Waals surface area contributed by atoms with Gasteiger partial charge in [-0.05, 0) is 48.1 Å². The molecule has 1 aliphatic rings. The SMILES string of the molecule is Cc1ccsc1CNC(C)c1ccc2c(c1)CCO2. The highest BCUT2D eigenvalue weighted by atomic mass is 32.1. The summed E-state index contributed by atoms with van der Waals surface area (Å²) in [5, 5.41) is 5.76. The topological polar surface area (TPSA) is 21.3 Å². The molecule has 1 unspecified atom stereocenters. The van der Waals surface area contributed by atoms with Crippen LogP contribution in [0.1, 0.15) is 34.5 Å². The van der Waals surface area contributed by atoms with Crippen LogP contribution in [0.25, 0.3) is 0 Å². The van der Waals surface area contributed by atoms with Crippen molar-refractivity contribution < 1.29 is 4.74 Å². The van der Waals surface area contributed by atoms with Gasteiger partial charge < -0.3 is 10.1 Å². The monoisotopic (exact) mass is 273 g/mol. The van der Waals surface area contributed by atoms with Gasteiger partial charge in [0.2, 0.25) is 0 Å². The molecule has 0 radical (unpaired) electrons. The summed E-state index contributed by atoms with van der Waals surface area (Å²) in [6.45, 7) is 6.17. The molecule has 0 saturated carbocycles. The Balaban J connectivity index is 1.67. The lowest BCUT2D eigenvalue weighted by Gasteiger charge is -2.15. The Morgan fingerprint density at radius 2 is 2.26 bits per heavy atom. The smallest absolute Gasteiger partial charge is 0.122 e. The van der Waals surface area contributed by atoms with E-state index in [0.29, 0.717) is 6.04 Å². The highest BCUT2D eigenvalue weighted by Crippen LogP contribution is 2.28. The molecule has 0 bridgehead atoms. The summed E-state index contributed by atoms with van der Waals surface area (Å²) in [5.41, 5.74) is 4.07. The Labute approximate surface area is 118 Å². The van der Waals surface area contributed by atoms with Gasteiger partial charge in [-0.3, -0.25) is 0 Å². The molecule has 2 heterocycles. The summed E-state index contributed by atoms with van der Waals surface area (Å²) < 4.78 is 5.55. The average molecular weight is 273 g/mol. The molecule has 0 amide bonds. The Kier molecular flexibility index (Phi) is 3.58. The maximum Gasteiger partial charge on any atom is 0.122 e. The van der Waals surface area contributed by atoms with Crippen molar-refractivity contribution in [2.45, 2.75) is 32.9 Å². The van der Waals surface area contributed by atoms with Crippen LogP contribution in [-0.4, -0.2) is 6.61 Å². The van der Waals surface area contributed by atoms with Gasteiger partial charge in [-0.2, -0.15) is 0 Å². The number of hydrogen-bond acceptors (Lipinski definition) is 3. The van der Waals surface area contributed by atoms with Gasteiger partial charge >= 0.3 is 0 Å². The summed E-state index contributed by atoms with van der Waals surface area (Å²) in [6.07, 6.45) is 1.04. The molecule has 0 fully saturated rings. The molecule has 100 valence electrons. The van der Waals surface area contributed by atoms with E-state index in [1.807, 2.05) is 11.3 Å². The van der Waals surface area contributed by atoms with E-state index in [9.17, 15) is 0 Å². The number of rotatable bonds is 4. The third-order valence-electron chi connectivity index (χ3n) is 3.75. The molecule has 1 aliphatic heterocycles. The van der Waals surface area contributed by atoms with Crippen LogP contribution in [0.5, 0.6) is 5.75 Å². The van der Waals surface area contributed by atoms with Crippen molar-refractivity contribution in [1.29, 1.82) is 0 Å². The summed E-state index contributed by atoms with van der Waals surface area (Å²) in [4.78, 5) is 1.43. The summed E-state index contributed by atoms with van der Waals surface area (Å²) in [5.74, 6) is 1.06. The van der Waals surface area contributed by atoms with Crippen LogP contribution >= 0.6 is 11.3 Å². The van der Waals surface area contributed by atoms with Gasteiger partial charge in [-0.1, -0.05) is 12.1 Å². The molecule has 0 aliphatic carbocycles. The molecule has 3 heteroatoms. The Morgan fingerprint density at radius 1 is 1.37 bits per heavy atom. The second kappa shape index (κ2) is 5.35. The maximum atomic E-state index is 5.55. The van der Waals surface area contributed by atoms with Gasteiger partial charge in [-0.25, -0.2) is 0 Å². The van der Waals surface area contributed by atoms with Crippen molar-refractivity contribution >= 4 is 11.3 Å². The van der Waals surface area contributed by atoms with Crippen LogP contribution in [0.15, 0.2) is 29.6 Å². The van der Waals surface area contributed by atoms with Crippen molar-refractivity contribution in [3.63, 3.8) is 0 Å². The minimum atomic E-state index is 0.368. The number of thiophene rings is 1. The molecular formula is C16H19NOS. The lowest BCUT2D eigenvalue weighted by molar-refractivity contribution is 0.356. The van der Waals surface area contributed by atoms with E-state index < -0.39 is 0 Å². The van der Waals surface area contributed by atoms with Crippen molar-refractivity contribution in [1.82, 2.24) is 5.32 Å². The van der Waals surface area contributed by atoms with Crippen LogP contribution in [0.3, 0.4) is 0 Å². The Hall–Kier alpha value is -1.32. The first-order valence-corrected chi connectivity index (χ1v) is 7.64. The van der Waals surface area contributed by atoms with E-state index >= 15 is 0 Å². The van der Waals surface area contributed by atoms with Gasteiger partial charge in [0.1, 0.15) is 5.75 Å². The highest BCUT2D eigenvalue weighted by molar-refractivity contribution is 7.10. The minimum absolute atomic E-state index is 0.368. The largest absolute Gasteiger partial charge is 0.493 e. The minimum Gasteiger partial charge on any atom is -0.493 e. The summed E-state index contributed by atoms with van der Waals surface area (Å²) >= 11 is 1.82. The Morgan fingerprint density at radius 3 is 3.05 bits per heavy atom. The summed E-state index contributed by atoms with van der Waals surface area (Å²) in [7, 11) is 0. The zero-order valence-electron chi connectivity index (χ0n) is 11.4. The molecule has 2 aromatic rings. The lowest BCUT2D eigenvalue weighted by Crippen LogP contribution is -2.17. The second-order valence-corrected chi connectivity index (χ2v) is 6.10. The fourth-order valence-corrected chi connectivity index (χ4v) is 3.28. The number of nitrogens with one attached hydrogen (secondary N) is 1. The van der Waals surface area contributed by atoms with E-state index in [1.54, 1.807) is 0 Å².